The predicted molar refractivity (Wildman–Crippen MR) is 89.2 cm³/mol. The molecule has 2 nitrogen and oxygen atoms in total. The summed E-state index contributed by atoms with van der Waals surface area (Å²) < 4.78 is 6.19. The zero-order valence-corrected chi connectivity index (χ0v) is 13.9. The van der Waals surface area contributed by atoms with Gasteiger partial charge in [0.1, 0.15) is 5.75 Å². The van der Waals surface area contributed by atoms with Gasteiger partial charge in [-0.1, -0.05) is 53.5 Å². The van der Waals surface area contributed by atoms with Crippen LogP contribution in [-0.2, 0) is 6.42 Å². The van der Waals surface area contributed by atoms with Gasteiger partial charge in [-0.05, 0) is 36.6 Å². The molecule has 0 bridgehead atoms. The number of carbonyl (C=O) groups is 1. The molecule has 0 heterocycles. The summed E-state index contributed by atoms with van der Waals surface area (Å²) in [5, 5.41) is 0. The molecule has 0 saturated heterocycles. The zero-order chi connectivity index (χ0) is 15.2. The summed E-state index contributed by atoms with van der Waals surface area (Å²) in [6, 6.07) is 13.3. The van der Waals surface area contributed by atoms with Crippen molar-refractivity contribution in [3.63, 3.8) is 0 Å². The monoisotopic (exact) mass is 346 g/mol. The van der Waals surface area contributed by atoms with Crippen molar-refractivity contribution in [1.82, 2.24) is 0 Å². The van der Waals surface area contributed by atoms with Crippen LogP contribution >= 0.6 is 15.9 Å². The minimum absolute atomic E-state index is 0.0126. The molecule has 0 fully saturated rings. The molecule has 0 atom stereocenters. The first-order valence-corrected chi connectivity index (χ1v) is 7.92. The van der Waals surface area contributed by atoms with Gasteiger partial charge in [-0.2, -0.15) is 0 Å². The van der Waals surface area contributed by atoms with Crippen LogP contribution in [-0.4, -0.2) is 12.9 Å². The van der Waals surface area contributed by atoms with E-state index in [9.17, 15) is 4.79 Å². The minimum atomic E-state index is -0.0126. The number of halogens is 1. The number of ketones is 1. The molecule has 0 saturated carbocycles. The fourth-order valence-electron chi connectivity index (χ4n) is 2.21. The lowest BCUT2D eigenvalue weighted by atomic mass is 10.00. The normalized spacial score (nSPS) is 10.4. The Balaban J connectivity index is 2.23. The molecular formula is C18H19BrO2. The highest BCUT2D eigenvalue weighted by Gasteiger charge is 2.14. The Hall–Kier alpha value is -1.61. The van der Waals surface area contributed by atoms with E-state index in [-0.39, 0.29) is 5.78 Å². The molecule has 0 N–H and O–H groups in total. The Kier molecular flexibility index (Phi) is 5.57. The van der Waals surface area contributed by atoms with Crippen LogP contribution in [0.25, 0.3) is 0 Å². The maximum atomic E-state index is 12.6. The van der Waals surface area contributed by atoms with E-state index in [0.717, 1.165) is 10.9 Å². The summed E-state index contributed by atoms with van der Waals surface area (Å²) >= 11 is 3.38. The Morgan fingerprint density at radius 2 is 1.86 bits per heavy atom. The van der Waals surface area contributed by atoms with Crippen molar-refractivity contribution < 1.29 is 9.53 Å². The maximum Gasteiger partial charge on any atom is 0.196 e. The van der Waals surface area contributed by atoms with Gasteiger partial charge in [-0.25, -0.2) is 0 Å². The Morgan fingerprint density at radius 1 is 1.14 bits per heavy atom. The SMILES string of the molecule is CCCCc1ccc(C(=O)c2ccc(Br)cc2OC)cc1. The summed E-state index contributed by atoms with van der Waals surface area (Å²) in [5.41, 5.74) is 2.55. The molecule has 0 aromatic heterocycles. The Labute approximate surface area is 134 Å². The standard InChI is InChI=1S/C18H19BrO2/c1-3-4-5-13-6-8-14(9-7-13)18(20)16-11-10-15(19)12-17(16)21-2/h6-12H,3-5H2,1-2H3. The Bertz CT molecular complexity index is 618. The van der Waals surface area contributed by atoms with E-state index in [2.05, 4.69) is 22.9 Å². The molecule has 21 heavy (non-hydrogen) atoms. The van der Waals surface area contributed by atoms with E-state index in [1.807, 2.05) is 36.4 Å². The number of ether oxygens (including phenoxy) is 1. The molecule has 3 heteroatoms. The van der Waals surface area contributed by atoms with Crippen LogP contribution < -0.4 is 4.74 Å². The second kappa shape index (κ2) is 7.41. The van der Waals surface area contributed by atoms with Crippen molar-refractivity contribution in [2.75, 3.05) is 7.11 Å². The molecular weight excluding hydrogens is 328 g/mol. The van der Waals surface area contributed by atoms with Crippen LogP contribution in [0.2, 0.25) is 0 Å². The number of hydrogen-bond acceptors (Lipinski definition) is 2. The number of benzene rings is 2. The van der Waals surface area contributed by atoms with Gasteiger partial charge in [0, 0.05) is 10.0 Å². The first kappa shape index (κ1) is 15.8. The average molecular weight is 347 g/mol. The van der Waals surface area contributed by atoms with Gasteiger partial charge in [0.25, 0.3) is 0 Å². The van der Waals surface area contributed by atoms with E-state index in [4.69, 9.17) is 4.74 Å². The summed E-state index contributed by atoms with van der Waals surface area (Å²) in [5.74, 6) is 0.575. The van der Waals surface area contributed by atoms with Crippen molar-refractivity contribution in [2.45, 2.75) is 26.2 Å². The highest BCUT2D eigenvalue weighted by Crippen LogP contribution is 2.26. The molecule has 0 amide bonds. The van der Waals surface area contributed by atoms with E-state index < -0.39 is 0 Å². The minimum Gasteiger partial charge on any atom is -0.496 e. The lowest BCUT2D eigenvalue weighted by molar-refractivity contribution is 0.103. The second-order valence-corrected chi connectivity index (χ2v) is 5.89. The van der Waals surface area contributed by atoms with Crippen LogP contribution in [0.3, 0.4) is 0 Å². The summed E-state index contributed by atoms with van der Waals surface area (Å²) in [7, 11) is 1.58. The van der Waals surface area contributed by atoms with Gasteiger partial charge >= 0.3 is 0 Å². The summed E-state index contributed by atoms with van der Waals surface area (Å²) in [6.07, 6.45) is 3.41. The average Bonchev–Trinajstić information content (AvgIpc) is 2.52. The highest BCUT2D eigenvalue weighted by atomic mass is 79.9. The summed E-state index contributed by atoms with van der Waals surface area (Å²) in [4.78, 5) is 12.6. The number of methoxy groups -OCH3 is 1. The largest absolute Gasteiger partial charge is 0.496 e. The number of carbonyl (C=O) groups excluding carboxylic acids is 1. The van der Waals surface area contributed by atoms with E-state index in [1.54, 1.807) is 13.2 Å². The molecule has 2 rings (SSSR count). The van der Waals surface area contributed by atoms with Crippen LogP contribution in [0.4, 0.5) is 0 Å². The Morgan fingerprint density at radius 3 is 2.48 bits per heavy atom. The third kappa shape index (κ3) is 3.94. The number of aryl methyl sites for hydroxylation is 1. The number of hydrogen-bond donors (Lipinski definition) is 0. The molecule has 2 aromatic carbocycles. The van der Waals surface area contributed by atoms with Crippen LogP contribution in [0, 0.1) is 0 Å². The van der Waals surface area contributed by atoms with Crippen molar-refractivity contribution >= 4 is 21.7 Å². The molecule has 2 aromatic rings. The van der Waals surface area contributed by atoms with Crippen molar-refractivity contribution in [3.05, 3.63) is 63.6 Å². The van der Waals surface area contributed by atoms with Gasteiger partial charge in [-0.15, -0.1) is 0 Å². The van der Waals surface area contributed by atoms with Crippen LogP contribution in [0.15, 0.2) is 46.9 Å². The number of rotatable bonds is 6. The molecule has 0 spiro atoms. The number of unbranched alkanes of at least 4 members (excludes halogenated alkanes) is 1. The molecule has 0 aliphatic heterocycles. The van der Waals surface area contributed by atoms with Gasteiger partial charge < -0.3 is 4.74 Å². The van der Waals surface area contributed by atoms with E-state index >= 15 is 0 Å². The summed E-state index contributed by atoms with van der Waals surface area (Å²) in [6.45, 7) is 2.18. The highest BCUT2D eigenvalue weighted by molar-refractivity contribution is 9.10. The van der Waals surface area contributed by atoms with Gasteiger partial charge in [0.05, 0.1) is 12.7 Å². The molecule has 0 unspecified atom stereocenters. The molecule has 110 valence electrons. The molecule has 0 radical (unpaired) electrons. The predicted octanol–water partition coefficient (Wildman–Crippen LogP) is 5.03. The third-order valence-electron chi connectivity index (χ3n) is 3.44. The lowest BCUT2D eigenvalue weighted by Crippen LogP contribution is -2.04. The van der Waals surface area contributed by atoms with E-state index in [1.165, 1.54) is 18.4 Å². The quantitative estimate of drug-likeness (QED) is 0.685. The maximum absolute atomic E-state index is 12.6. The fourth-order valence-corrected chi connectivity index (χ4v) is 2.55. The molecule has 0 aliphatic rings. The van der Waals surface area contributed by atoms with Gasteiger partial charge in [0.15, 0.2) is 5.78 Å². The topological polar surface area (TPSA) is 26.3 Å². The van der Waals surface area contributed by atoms with Crippen molar-refractivity contribution in [2.24, 2.45) is 0 Å². The lowest BCUT2D eigenvalue weighted by Gasteiger charge is -2.09. The third-order valence-corrected chi connectivity index (χ3v) is 3.94. The van der Waals surface area contributed by atoms with Gasteiger partial charge in [0.2, 0.25) is 0 Å². The molecule has 0 aliphatic carbocycles. The van der Waals surface area contributed by atoms with Crippen molar-refractivity contribution in [1.29, 1.82) is 0 Å². The second-order valence-electron chi connectivity index (χ2n) is 4.97. The van der Waals surface area contributed by atoms with Crippen LogP contribution in [0.5, 0.6) is 5.75 Å². The smallest absolute Gasteiger partial charge is 0.196 e. The van der Waals surface area contributed by atoms with E-state index in [0.29, 0.717) is 16.9 Å². The zero-order valence-electron chi connectivity index (χ0n) is 12.4. The van der Waals surface area contributed by atoms with Crippen LogP contribution in [0.1, 0.15) is 41.3 Å². The van der Waals surface area contributed by atoms with Gasteiger partial charge in [-0.3, -0.25) is 4.79 Å². The first-order valence-electron chi connectivity index (χ1n) is 7.13. The van der Waals surface area contributed by atoms with Crippen molar-refractivity contribution in [3.8, 4) is 5.75 Å². The first-order chi connectivity index (χ1) is 10.2. The fraction of sp³-hybridized carbons (Fsp3) is 0.278.